The van der Waals surface area contributed by atoms with Crippen molar-refractivity contribution in [3.8, 4) is 0 Å². The Hall–Kier alpha value is -2.71. The number of carbonyl (C=O) groups is 4. The number of morpholine rings is 1. The number of hydrogen-bond donors (Lipinski definition) is 3. The van der Waals surface area contributed by atoms with Crippen molar-refractivity contribution in [2.75, 3.05) is 32.8 Å². The minimum absolute atomic E-state index is 0.128. The van der Waals surface area contributed by atoms with Crippen molar-refractivity contribution >= 4 is 34.0 Å². The summed E-state index contributed by atoms with van der Waals surface area (Å²) in [7, 11) is -4.12. The Morgan fingerprint density at radius 3 is 2.51 bits per heavy atom. The van der Waals surface area contributed by atoms with Crippen LogP contribution in [0, 0.1) is 5.92 Å². The molecule has 4 aliphatic rings. The summed E-state index contributed by atoms with van der Waals surface area (Å²) in [5.41, 5.74) is -2.17. The van der Waals surface area contributed by atoms with Crippen LogP contribution >= 0.6 is 0 Å². The van der Waals surface area contributed by atoms with Crippen LogP contribution in [0.1, 0.15) is 72.1 Å². The molecule has 0 aromatic rings. The molecule has 3 aliphatic heterocycles. The van der Waals surface area contributed by atoms with Gasteiger partial charge in [0.2, 0.25) is 11.8 Å². The van der Waals surface area contributed by atoms with Gasteiger partial charge in [0.1, 0.15) is 23.2 Å². The first-order chi connectivity index (χ1) is 19.3. The molecule has 3 heterocycles. The largest absolute Gasteiger partial charge is 0.444 e. The Kier molecular flexibility index (Phi) is 9.64. The number of nitrogens with zero attached hydrogens (tertiary/aromatic N) is 2. The molecule has 0 bridgehead atoms. The van der Waals surface area contributed by atoms with Gasteiger partial charge < -0.3 is 25.0 Å². The summed E-state index contributed by atoms with van der Waals surface area (Å²) in [6.07, 6.45) is 7.81. The standard InChI is InChI=1S/C27H43N5O8S/c1-26(2,3)40-25(36)28-20-11-8-6-4-5-7-10-19-18-27(19,29-22(33)21-12-9-13-32(21)23(20)34)24(35)30-41(37,38)31-14-16-39-17-15-31/h7,10,19-21H,4-6,8-9,11-18H2,1-3H3,(H,28,36)(H,29,33)(H,30,35)/b10-7-/t19-,20+,21+,27-/m1/s1. The molecule has 4 atom stereocenters. The van der Waals surface area contributed by atoms with Gasteiger partial charge in [-0.2, -0.15) is 12.7 Å². The van der Waals surface area contributed by atoms with E-state index in [9.17, 15) is 27.6 Å². The van der Waals surface area contributed by atoms with E-state index in [0.29, 0.717) is 32.2 Å². The van der Waals surface area contributed by atoms with Crippen molar-refractivity contribution in [3.05, 3.63) is 12.2 Å². The zero-order valence-corrected chi connectivity index (χ0v) is 25.0. The Morgan fingerprint density at radius 1 is 1.07 bits per heavy atom. The van der Waals surface area contributed by atoms with E-state index in [1.807, 2.05) is 12.2 Å². The molecule has 0 radical (unpaired) electrons. The third-order valence-corrected chi connectivity index (χ3v) is 9.35. The van der Waals surface area contributed by atoms with Crippen molar-refractivity contribution in [3.63, 3.8) is 0 Å². The highest BCUT2D eigenvalue weighted by atomic mass is 32.2. The zero-order chi connectivity index (χ0) is 29.8. The van der Waals surface area contributed by atoms with E-state index in [2.05, 4.69) is 15.4 Å². The third-order valence-electron chi connectivity index (χ3n) is 7.86. The predicted molar refractivity (Wildman–Crippen MR) is 149 cm³/mol. The van der Waals surface area contributed by atoms with E-state index in [-0.39, 0.29) is 44.5 Å². The Morgan fingerprint density at radius 2 is 1.80 bits per heavy atom. The normalized spacial score (nSPS) is 31.0. The highest BCUT2D eigenvalue weighted by Crippen LogP contribution is 2.45. The average molecular weight is 598 g/mol. The maximum Gasteiger partial charge on any atom is 0.408 e. The summed E-state index contributed by atoms with van der Waals surface area (Å²) in [5.74, 6) is -2.06. The summed E-state index contributed by atoms with van der Waals surface area (Å²) in [6, 6.07) is -1.70. The van der Waals surface area contributed by atoms with Gasteiger partial charge in [-0.05, 0) is 59.3 Å². The molecule has 0 unspecified atom stereocenters. The number of fused-ring (bicyclic) bond motifs is 2. The summed E-state index contributed by atoms with van der Waals surface area (Å²) < 4.78 is 39.8. The van der Waals surface area contributed by atoms with Crippen LogP contribution < -0.4 is 15.4 Å². The summed E-state index contributed by atoms with van der Waals surface area (Å²) in [4.78, 5) is 54.8. The van der Waals surface area contributed by atoms with Crippen LogP contribution in [0.4, 0.5) is 4.79 Å². The molecular weight excluding hydrogens is 554 g/mol. The van der Waals surface area contributed by atoms with Crippen LogP contribution in [0.3, 0.4) is 0 Å². The molecule has 2 saturated heterocycles. The fourth-order valence-corrected chi connectivity index (χ4v) is 6.78. The maximum atomic E-state index is 13.7. The molecule has 1 saturated carbocycles. The molecule has 0 spiro atoms. The van der Waals surface area contributed by atoms with Crippen LogP contribution in [0.5, 0.6) is 0 Å². The van der Waals surface area contributed by atoms with Gasteiger partial charge in [-0.25, -0.2) is 9.52 Å². The highest BCUT2D eigenvalue weighted by Gasteiger charge is 2.61. The van der Waals surface area contributed by atoms with E-state index >= 15 is 0 Å². The second-order valence-corrected chi connectivity index (χ2v) is 13.8. The highest BCUT2D eigenvalue weighted by molar-refractivity contribution is 7.87. The molecule has 4 amide bonds. The molecule has 13 nitrogen and oxygen atoms in total. The van der Waals surface area contributed by atoms with E-state index in [4.69, 9.17) is 9.47 Å². The fraction of sp³-hybridized carbons (Fsp3) is 0.778. The lowest BCUT2D eigenvalue weighted by Crippen LogP contribution is -2.59. The van der Waals surface area contributed by atoms with Gasteiger partial charge in [0, 0.05) is 25.6 Å². The van der Waals surface area contributed by atoms with Gasteiger partial charge in [-0.15, -0.1) is 0 Å². The SMILES string of the molecule is CC(C)(C)OC(=O)N[C@H]1CCCCC/C=C\[C@@H]2C[C@@]2(C(=O)NS(=O)(=O)N2CCOCC2)NC(=O)[C@@H]2CCCN2C1=O. The lowest BCUT2D eigenvalue weighted by Gasteiger charge is -2.31. The Bertz CT molecular complexity index is 1150. The second-order valence-electron chi connectivity index (χ2n) is 12.2. The molecule has 41 heavy (non-hydrogen) atoms. The minimum atomic E-state index is -4.12. The lowest BCUT2D eigenvalue weighted by molar-refractivity contribution is -0.141. The topological polar surface area (TPSA) is 163 Å². The number of nitrogens with one attached hydrogen (secondary N) is 3. The monoisotopic (exact) mass is 597 g/mol. The van der Waals surface area contributed by atoms with Crippen LogP contribution in [-0.2, 0) is 34.1 Å². The third kappa shape index (κ3) is 7.77. The summed E-state index contributed by atoms with van der Waals surface area (Å²) >= 11 is 0. The van der Waals surface area contributed by atoms with Crippen molar-refractivity contribution in [1.82, 2.24) is 24.6 Å². The Labute approximate surface area is 241 Å². The fourth-order valence-electron chi connectivity index (χ4n) is 5.60. The first-order valence-electron chi connectivity index (χ1n) is 14.5. The Balaban J connectivity index is 1.53. The average Bonchev–Trinajstić information content (AvgIpc) is 3.36. The maximum absolute atomic E-state index is 13.7. The summed E-state index contributed by atoms with van der Waals surface area (Å²) in [6.45, 7) is 6.27. The number of alkyl carbamates (subject to hydrolysis) is 1. The predicted octanol–water partition coefficient (Wildman–Crippen LogP) is 0.959. The molecule has 0 aromatic heterocycles. The quantitative estimate of drug-likeness (QED) is 0.404. The minimum Gasteiger partial charge on any atom is -0.444 e. The van der Waals surface area contributed by atoms with E-state index in [0.717, 1.165) is 23.6 Å². The van der Waals surface area contributed by atoms with Gasteiger partial charge in [0.15, 0.2) is 0 Å². The van der Waals surface area contributed by atoms with E-state index in [1.165, 1.54) is 4.90 Å². The lowest BCUT2D eigenvalue weighted by atomic mass is 10.0. The van der Waals surface area contributed by atoms with Gasteiger partial charge in [-0.1, -0.05) is 25.0 Å². The van der Waals surface area contributed by atoms with Crippen molar-refractivity contribution in [2.24, 2.45) is 5.92 Å². The number of allylic oxidation sites excluding steroid dienone is 1. The van der Waals surface area contributed by atoms with Gasteiger partial charge in [0.25, 0.3) is 5.91 Å². The molecule has 3 fully saturated rings. The van der Waals surface area contributed by atoms with Crippen LogP contribution in [-0.4, -0.2) is 97.5 Å². The number of carbonyl (C=O) groups excluding carboxylic acids is 4. The van der Waals surface area contributed by atoms with Crippen molar-refractivity contribution < 1.29 is 37.1 Å². The van der Waals surface area contributed by atoms with Crippen LogP contribution in [0.25, 0.3) is 0 Å². The van der Waals surface area contributed by atoms with Crippen molar-refractivity contribution in [2.45, 2.75) is 95.4 Å². The number of ether oxygens (including phenoxy) is 2. The molecule has 3 N–H and O–H groups in total. The summed E-state index contributed by atoms with van der Waals surface area (Å²) in [5, 5.41) is 5.53. The smallest absolute Gasteiger partial charge is 0.408 e. The number of amides is 4. The number of rotatable bonds is 4. The molecule has 1 aliphatic carbocycles. The molecule has 0 aromatic carbocycles. The van der Waals surface area contributed by atoms with Gasteiger partial charge in [-0.3, -0.25) is 14.4 Å². The van der Waals surface area contributed by atoms with Crippen LogP contribution in [0.15, 0.2) is 12.2 Å². The van der Waals surface area contributed by atoms with Gasteiger partial charge >= 0.3 is 16.3 Å². The molecular formula is C27H43N5O8S. The van der Waals surface area contributed by atoms with E-state index in [1.54, 1.807) is 20.8 Å². The molecule has 230 valence electrons. The van der Waals surface area contributed by atoms with Gasteiger partial charge in [0.05, 0.1) is 13.2 Å². The first kappa shape index (κ1) is 31.2. The molecule has 14 heteroatoms. The van der Waals surface area contributed by atoms with Crippen molar-refractivity contribution in [1.29, 1.82) is 0 Å². The zero-order valence-electron chi connectivity index (χ0n) is 24.1. The molecule has 4 rings (SSSR count). The first-order valence-corrected chi connectivity index (χ1v) is 16.0. The van der Waals surface area contributed by atoms with E-state index < -0.39 is 51.3 Å². The second kappa shape index (κ2) is 12.7. The number of hydrogen-bond acceptors (Lipinski definition) is 8. The van der Waals surface area contributed by atoms with Crippen LogP contribution in [0.2, 0.25) is 0 Å².